The Balaban J connectivity index is 0.00000155. The van der Waals surface area contributed by atoms with Gasteiger partial charge >= 0.3 is 5.97 Å². The van der Waals surface area contributed by atoms with Crippen LogP contribution < -0.4 is 5.32 Å². The number of hydrogen-bond donors (Lipinski definition) is 1. The molecule has 0 aliphatic rings. The van der Waals surface area contributed by atoms with Crippen molar-refractivity contribution in [3.63, 3.8) is 0 Å². The molecule has 0 saturated carbocycles. The molecule has 0 radical (unpaired) electrons. The molecular weight excluding hydrogens is 388 g/mol. The number of nitrogens with zero attached hydrogens (tertiary/aromatic N) is 2. The smallest absolute Gasteiger partial charge is 0.343 e. The first-order chi connectivity index (χ1) is 14.4. The highest BCUT2D eigenvalue weighted by molar-refractivity contribution is 5.97. The lowest BCUT2D eigenvalue weighted by Gasteiger charge is -2.15. The zero-order chi connectivity index (χ0) is 22.3. The zero-order valence-electron chi connectivity index (χ0n) is 17.7. The molecule has 3 aromatic rings. The van der Waals surface area contributed by atoms with Crippen LogP contribution in [0.25, 0.3) is 11.4 Å². The largest absolute Gasteiger partial charge is 0.462 e. The van der Waals surface area contributed by atoms with Crippen LogP contribution in [0.4, 0.5) is 20.3 Å². The van der Waals surface area contributed by atoms with Crippen LogP contribution in [-0.2, 0) is 4.74 Å². The maximum absolute atomic E-state index is 14.2. The molecule has 0 saturated heterocycles. The summed E-state index contributed by atoms with van der Waals surface area (Å²) in [5, 5.41) is 3.03. The Hall–Kier alpha value is -3.35. The summed E-state index contributed by atoms with van der Waals surface area (Å²) in [6, 6.07) is 10.9. The number of anilines is 2. The maximum atomic E-state index is 14.2. The van der Waals surface area contributed by atoms with Crippen molar-refractivity contribution in [1.82, 2.24) is 9.97 Å². The molecule has 0 unspecified atom stereocenters. The molecule has 1 aromatic heterocycles. The summed E-state index contributed by atoms with van der Waals surface area (Å²) in [7, 11) is 0. The van der Waals surface area contributed by atoms with Gasteiger partial charge in [-0.05, 0) is 45.0 Å². The average molecular weight is 413 g/mol. The fourth-order valence-electron chi connectivity index (χ4n) is 2.71. The predicted octanol–water partition coefficient (Wildman–Crippen LogP) is 5.99. The number of carbonyl (C=O) groups excluding carboxylic acids is 1. The van der Waals surface area contributed by atoms with Gasteiger partial charge in [-0.3, -0.25) is 0 Å². The molecule has 0 fully saturated rings. The number of hydrogen-bond acceptors (Lipinski definition) is 5. The van der Waals surface area contributed by atoms with Gasteiger partial charge in [0.1, 0.15) is 23.0 Å². The van der Waals surface area contributed by atoms with Crippen LogP contribution in [0.5, 0.6) is 0 Å². The van der Waals surface area contributed by atoms with Gasteiger partial charge in [-0.25, -0.2) is 23.5 Å². The quantitative estimate of drug-likeness (QED) is 0.521. The highest BCUT2D eigenvalue weighted by Gasteiger charge is 2.23. The monoisotopic (exact) mass is 413 g/mol. The molecule has 30 heavy (non-hydrogen) atoms. The third-order valence-electron chi connectivity index (χ3n) is 4.07. The highest BCUT2D eigenvalue weighted by Crippen LogP contribution is 2.28. The second kappa shape index (κ2) is 10.4. The average Bonchev–Trinajstić information content (AvgIpc) is 2.71. The van der Waals surface area contributed by atoms with Gasteiger partial charge < -0.3 is 10.1 Å². The molecule has 0 aliphatic carbocycles. The van der Waals surface area contributed by atoms with Gasteiger partial charge in [0.15, 0.2) is 5.82 Å². The SMILES string of the molecule is CC.CCOC(=O)c1c(C)nc(-c2c(F)cccc2F)nc1Nc1ccc(C)cc1. The third kappa shape index (κ3) is 5.17. The number of aryl methyl sites for hydroxylation is 2. The van der Waals surface area contributed by atoms with E-state index >= 15 is 0 Å². The topological polar surface area (TPSA) is 64.1 Å². The van der Waals surface area contributed by atoms with Crippen LogP contribution in [-0.4, -0.2) is 22.5 Å². The number of ether oxygens (including phenoxy) is 1. The van der Waals surface area contributed by atoms with E-state index < -0.39 is 17.6 Å². The molecular formula is C23H25F2N3O2. The Bertz CT molecular complexity index is 1000. The minimum Gasteiger partial charge on any atom is -0.462 e. The van der Waals surface area contributed by atoms with Crippen molar-refractivity contribution in [2.24, 2.45) is 0 Å². The van der Waals surface area contributed by atoms with Crippen LogP contribution in [0.1, 0.15) is 42.4 Å². The van der Waals surface area contributed by atoms with E-state index in [-0.39, 0.29) is 35.1 Å². The second-order valence-corrected chi connectivity index (χ2v) is 6.16. The van der Waals surface area contributed by atoms with Crippen LogP contribution >= 0.6 is 0 Å². The zero-order valence-corrected chi connectivity index (χ0v) is 17.7. The Kier molecular flexibility index (Phi) is 7.98. The van der Waals surface area contributed by atoms with E-state index in [4.69, 9.17) is 4.74 Å². The van der Waals surface area contributed by atoms with Crippen molar-refractivity contribution < 1.29 is 18.3 Å². The van der Waals surface area contributed by atoms with Crippen molar-refractivity contribution in [3.05, 3.63) is 70.9 Å². The fourth-order valence-corrected chi connectivity index (χ4v) is 2.71. The second-order valence-electron chi connectivity index (χ2n) is 6.16. The summed E-state index contributed by atoms with van der Waals surface area (Å²) in [6.07, 6.45) is 0. The van der Waals surface area contributed by atoms with Gasteiger partial charge in [0.25, 0.3) is 0 Å². The molecule has 1 N–H and O–H groups in total. The molecule has 0 spiro atoms. The summed E-state index contributed by atoms with van der Waals surface area (Å²) < 4.78 is 33.5. The molecule has 1 heterocycles. The van der Waals surface area contributed by atoms with Gasteiger partial charge in [0.2, 0.25) is 0 Å². The van der Waals surface area contributed by atoms with Crippen molar-refractivity contribution in [1.29, 1.82) is 0 Å². The number of nitrogens with one attached hydrogen (secondary N) is 1. The first-order valence-electron chi connectivity index (χ1n) is 9.74. The van der Waals surface area contributed by atoms with Gasteiger partial charge in [-0.2, -0.15) is 0 Å². The number of esters is 1. The number of rotatable bonds is 5. The van der Waals surface area contributed by atoms with E-state index in [0.29, 0.717) is 5.69 Å². The van der Waals surface area contributed by atoms with E-state index in [9.17, 15) is 13.6 Å². The number of benzene rings is 2. The van der Waals surface area contributed by atoms with Gasteiger partial charge in [0, 0.05) is 5.69 Å². The summed E-state index contributed by atoms with van der Waals surface area (Å²) in [6.45, 7) is 9.37. The van der Waals surface area contributed by atoms with Crippen LogP contribution in [0.2, 0.25) is 0 Å². The minimum absolute atomic E-state index is 0.114. The summed E-state index contributed by atoms with van der Waals surface area (Å²) in [4.78, 5) is 20.8. The lowest BCUT2D eigenvalue weighted by molar-refractivity contribution is 0.0526. The van der Waals surface area contributed by atoms with E-state index in [1.54, 1.807) is 13.8 Å². The predicted molar refractivity (Wildman–Crippen MR) is 114 cm³/mol. The normalized spacial score (nSPS) is 10.1. The fraction of sp³-hybridized carbons (Fsp3) is 0.261. The third-order valence-corrected chi connectivity index (χ3v) is 4.07. The van der Waals surface area contributed by atoms with Crippen LogP contribution in [0.15, 0.2) is 42.5 Å². The Morgan fingerprint density at radius 1 is 1.00 bits per heavy atom. The molecule has 0 atom stereocenters. The Morgan fingerprint density at radius 2 is 1.60 bits per heavy atom. The van der Waals surface area contributed by atoms with E-state index in [2.05, 4.69) is 15.3 Å². The van der Waals surface area contributed by atoms with Crippen molar-refractivity contribution >= 4 is 17.5 Å². The first kappa shape index (κ1) is 22.9. The molecule has 0 amide bonds. The highest BCUT2D eigenvalue weighted by atomic mass is 19.1. The Labute approximate surface area is 175 Å². The van der Waals surface area contributed by atoms with Crippen molar-refractivity contribution in [2.75, 3.05) is 11.9 Å². The number of halogens is 2. The number of aromatic nitrogens is 2. The van der Waals surface area contributed by atoms with Crippen molar-refractivity contribution in [3.8, 4) is 11.4 Å². The van der Waals surface area contributed by atoms with Gasteiger partial charge in [-0.15, -0.1) is 0 Å². The molecule has 0 aliphatic heterocycles. The maximum Gasteiger partial charge on any atom is 0.343 e. The first-order valence-corrected chi connectivity index (χ1v) is 9.74. The van der Waals surface area contributed by atoms with E-state index in [1.807, 2.05) is 45.0 Å². The molecule has 0 bridgehead atoms. The number of carbonyl (C=O) groups is 1. The molecule has 7 heteroatoms. The minimum atomic E-state index is -0.787. The molecule has 158 valence electrons. The van der Waals surface area contributed by atoms with E-state index in [1.165, 1.54) is 6.07 Å². The van der Waals surface area contributed by atoms with Gasteiger partial charge in [-0.1, -0.05) is 37.6 Å². The molecule has 5 nitrogen and oxygen atoms in total. The standard InChI is InChI=1S/C21H19F2N3O2.C2H6/c1-4-28-21(27)17-13(3)24-20(18-15(22)6-5-7-16(18)23)26-19(17)25-14-10-8-12(2)9-11-14;1-2/h5-11H,4H2,1-3H3,(H,24,25,26);1-2H3. The van der Waals surface area contributed by atoms with Gasteiger partial charge in [0.05, 0.1) is 17.9 Å². The summed E-state index contributed by atoms with van der Waals surface area (Å²) in [5.74, 6) is -2.23. The lowest BCUT2D eigenvalue weighted by atomic mass is 10.1. The van der Waals surface area contributed by atoms with Crippen LogP contribution in [0, 0.1) is 25.5 Å². The molecule has 3 rings (SSSR count). The van der Waals surface area contributed by atoms with Crippen molar-refractivity contribution in [2.45, 2.75) is 34.6 Å². The van der Waals surface area contributed by atoms with Crippen LogP contribution in [0.3, 0.4) is 0 Å². The lowest BCUT2D eigenvalue weighted by Crippen LogP contribution is -2.14. The van der Waals surface area contributed by atoms with E-state index in [0.717, 1.165) is 17.7 Å². The molecule has 2 aromatic carbocycles. The summed E-state index contributed by atoms with van der Waals surface area (Å²) in [5.41, 5.74) is 1.73. The summed E-state index contributed by atoms with van der Waals surface area (Å²) >= 11 is 0. The Morgan fingerprint density at radius 3 is 2.17 bits per heavy atom.